The van der Waals surface area contributed by atoms with Crippen LogP contribution in [-0.4, -0.2) is 31.7 Å². The molecule has 1 unspecified atom stereocenters. The van der Waals surface area contributed by atoms with Crippen molar-refractivity contribution in [2.75, 3.05) is 25.0 Å². The van der Waals surface area contributed by atoms with Crippen molar-refractivity contribution in [1.82, 2.24) is 5.32 Å². The maximum absolute atomic E-state index is 13.3. The molecule has 1 heterocycles. The average Bonchev–Trinajstić information content (AvgIpc) is 2.36. The molecule has 1 saturated heterocycles. The summed E-state index contributed by atoms with van der Waals surface area (Å²) in [5.41, 5.74) is -0.149. The van der Waals surface area contributed by atoms with Crippen molar-refractivity contribution in [2.45, 2.75) is 12.5 Å². The first-order valence-corrected chi connectivity index (χ1v) is 5.73. The lowest BCUT2D eigenvalue weighted by Gasteiger charge is -2.23. The largest absolute Gasteiger partial charge is 0.375 e. The Kier molecular flexibility index (Phi) is 6.14. The Morgan fingerprint density at radius 2 is 2.26 bits per heavy atom. The predicted molar refractivity (Wildman–Crippen MR) is 69.5 cm³/mol. The molecule has 106 valence electrons. The van der Waals surface area contributed by atoms with Gasteiger partial charge in [0.2, 0.25) is 5.91 Å². The number of halogens is 3. The molecule has 0 aliphatic carbocycles. The molecule has 2 rings (SSSR count). The maximum Gasteiger partial charge on any atom is 0.227 e. The van der Waals surface area contributed by atoms with E-state index in [1.165, 1.54) is 12.1 Å². The van der Waals surface area contributed by atoms with Crippen molar-refractivity contribution in [3.63, 3.8) is 0 Å². The molecule has 0 bridgehead atoms. The monoisotopic (exact) mass is 292 g/mol. The highest BCUT2D eigenvalue weighted by atomic mass is 35.5. The zero-order valence-corrected chi connectivity index (χ0v) is 10.9. The van der Waals surface area contributed by atoms with Crippen molar-refractivity contribution in [3.05, 3.63) is 29.8 Å². The molecule has 0 radical (unpaired) electrons. The third-order valence-corrected chi connectivity index (χ3v) is 2.64. The number of ether oxygens (including phenoxy) is 1. The normalized spacial score (nSPS) is 18.5. The molecule has 7 heteroatoms. The standard InChI is InChI=1S/C12H14F2N2O2.ClH/c13-9-2-1-3-10(12(9)14)16-11(17)6-8-7-15-4-5-18-8;/h1-3,8,15H,4-7H2,(H,16,17);1H. The summed E-state index contributed by atoms with van der Waals surface area (Å²) in [6.45, 7) is 1.89. The molecule has 1 aromatic carbocycles. The summed E-state index contributed by atoms with van der Waals surface area (Å²) in [6, 6.07) is 3.65. The summed E-state index contributed by atoms with van der Waals surface area (Å²) >= 11 is 0. The molecule has 0 saturated carbocycles. The number of morpholine rings is 1. The summed E-state index contributed by atoms with van der Waals surface area (Å²) in [4.78, 5) is 11.6. The molecular weight excluding hydrogens is 278 g/mol. The second-order valence-electron chi connectivity index (χ2n) is 4.05. The van der Waals surface area contributed by atoms with Gasteiger partial charge in [0.15, 0.2) is 11.6 Å². The van der Waals surface area contributed by atoms with Crippen LogP contribution in [0.3, 0.4) is 0 Å². The predicted octanol–water partition coefficient (Wildman–Crippen LogP) is 1.70. The van der Waals surface area contributed by atoms with Gasteiger partial charge in [0.25, 0.3) is 0 Å². The highest BCUT2D eigenvalue weighted by molar-refractivity contribution is 5.91. The first-order chi connectivity index (χ1) is 8.66. The lowest BCUT2D eigenvalue weighted by molar-refractivity contribution is -0.119. The van der Waals surface area contributed by atoms with Gasteiger partial charge in [-0.3, -0.25) is 4.79 Å². The van der Waals surface area contributed by atoms with Crippen LogP contribution in [0.4, 0.5) is 14.5 Å². The van der Waals surface area contributed by atoms with E-state index in [0.717, 1.165) is 12.6 Å². The van der Waals surface area contributed by atoms with Gasteiger partial charge in [-0.25, -0.2) is 8.78 Å². The minimum Gasteiger partial charge on any atom is -0.375 e. The lowest BCUT2D eigenvalue weighted by Crippen LogP contribution is -2.40. The van der Waals surface area contributed by atoms with Crippen LogP contribution in [0.1, 0.15) is 6.42 Å². The number of carbonyl (C=O) groups is 1. The highest BCUT2D eigenvalue weighted by Crippen LogP contribution is 2.17. The Labute approximate surface area is 115 Å². The molecular formula is C12H15ClF2N2O2. The van der Waals surface area contributed by atoms with Crippen LogP contribution in [0.2, 0.25) is 0 Å². The van der Waals surface area contributed by atoms with Crippen LogP contribution in [-0.2, 0) is 9.53 Å². The number of hydrogen-bond donors (Lipinski definition) is 2. The molecule has 1 aliphatic rings. The van der Waals surface area contributed by atoms with Crippen LogP contribution < -0.4 is 10.6 Å². The minimum absolute atomic E-state index is 0. The van der Waals surface area contributed by atoms with Crippen molar-refractivity contribution < 1.29 is 18.3 Å². The fourth-order valence-electron chi connectivity index (χ4n) is 1.76. The third kappa shape index (κ3) is 4.41. The molecule has 0 aromatic heterocycles. The molecule has 19 heavy (non-hydrogen) atoms. The summed E-state index contributed by atoms with van der Waals surface area (Å²) in [6.07, 6.45) is -0.112. The van der Waals surface area contributed by atoms with Crippen LogP contribution in [0.5, 0.6) is 0 Å². The van der Waals surface area contributed by atoms with Gasteiger partial charge < -0.3 is 15.4 Å². The lowest BCUT2D eigenvalue weighted by atomic mass is 10.2. The summed E-state index contributed by atoms with van der Waals surface area (Å²) in [5.74, 6) is -2.43. The number of hydrogen-bond acceptors (Lipinski definition) is 3. The van der Waals surface area contributed by atoms with Gasteiger partial charge in [0, 0.05) is 13.1 Å². The number of nitrogens with one attached hydrogen (secondary N) is 2. The van der Waals surface area contributed by atoms with E-state index in [1.54, 1.807) is 0 Å². The smallest absolute Gasteiger partial charge is 0.227 e. The van der Waals surface area contributed by atoms with E-state index in [1.807, 2.05) is 0 Å². The average molecular weight is 293 g/mol. The van der Waals surface area contributed by atoms with E-state index in [2.05, 4.69) is 10.6 Å². The van der Waals surface area contributed by atoms with E-state index >= 15 is 0 Å². The molecule has 1 aliphatic heterocycles. The molecule has 0 spiro atoms. The van der Waals surface area contributed by atoms with Crippen LogP contribution in [0.15, 0.2) is 18.2 Å². The van der Waals surface area contributed by atoms with Crippen LogP contribution in [0, 0.1) is 11.6 Å². The SMILES string of the molecule is Cl.O=C(CC1CNCCO1)Nc1cccc(F)c1F. The topological polar surface area (TPSA) is 50.4 Å². The van der Waals surface area contributed by atoms with Gasteiger partial charge >= 0.3 is 0 Å². The molecule has 1 fully saturated rings. The highest BCUT2D eigenvalue weighted by Gasteiger charge is 2.18. The van der Waals surface area contributed by atoms with Crippen molar-refractivity contribution >= 4 is 24.0 Å². The Bertz CT molecular complexity index is 440. The first-order valence-electron chi connectivity index (χ1n) is 5.73. The molecule has 1 atom stereocenters. The maximum atomic E-state index is 13.3. The molecule has 1 aromatic rings. The second-order valence-corrected chi connectivity index (χ2v) is 4.05. The molecule has 2 N–H and O–H groups in total. The minimum atomic E-state index is -1.05. The zero-order valence-electron chi connectivity index (χ0n) is 10.1. The van der Waals surface area contributed by atoms with E-state index in [4.69, 9.17) is 4.74 Å². The summed E-state index contributed by atoms with van der Waals surface area (Å²) < 4.78 is 31.6. The van der Waals surface area contributed by atoms with E-state index in [-0.39, 0.29) is 30.6 Å². The number of benzene rings is 1. The molecule has 4 nitrogen and oxygen atoms in total. The number of amides is 1. The summed E-state index contributed by atoms with van der Waals surface area (Å²) in [5, 5.41) is 5.42. The third-order valence-electron chi connectivity index (χ3n) is 2.64. The van der Waals surface area contributed by atoms with Crippen molar-refractivity contribution in [2.24, 2.45) is 0 Å². The fraction of sp³-hybridized carbons (Fsp3) is 0.417. The Morgan fingerprint density at radius 1 is 1.47 bits per heavy atom. The Balaban J connectivity index is 0.00000180. The van der Waals surface area contributed by atoms with Gasteiger partial charge in [-0.05, 0) is 12.1 Å². The second kappa shape index (κ2) is 7.37. The molecule has 1 amide bonds. The quantitative estimate of drug-likeness (QED) is 0.892. The van der Waals surface area contributed by atoms with Gasteiger partial charge in [0.1, 0.15) is 0 Å². The zero-order chi connectivity index (χ0) is 13.0. The van der Waals surface area contributed by atoms with Crippen LogP contribution in [0.25, 0.3) is 0 Å². The summed E-state index contributed by atoms with van der Waals surface area (Å²) in [7, 11) is 0. The fourth-order valence-corrected chi connectivity index (χ4v) is 1.76. The van der Waals surface area contributed by atoms with E-state index in [9.17, 15) is 13.6 Å². The Morgan fingerprint density at radius 3 is 2.95 bits per heavy atom. The van der Waals surface area contributed by atoms with E-state index < -0.39 is 17.5 Å². The first kappa shape index (κ1) is 15.8. The van der Waals surface area contributed by atoms with Crippen molar-refractivity contribution in [1.29, 1.82) is 0 Å². The van der Waals surface area contributed by atoms with E-state index in [0.29, 0.717) is 13.2 Å². The number of rotatable bonds is 3. The number of carbonyl (C=O) groups excluding carboxylic acids is 1. The van der Waals surface area contributed by atoms with Crippen molar-refractivity contribution in [3.8, 4) is 0 Å². The van der Waals surface area contributed by atoms with Crippen LogP contribution >= 0.6 is 12.4 Å². The Hall–Kier alpha value is -1.24. The van der Waals surface area contributed by atoms with Gasteiger partial charge in [-0.15, -0.1) is 12.4 Å². The van der Waals surface area contributed by atoms with Gasteiger partial charge in [0.05, 0.1) is 24.8 Å². The van der Waals surface area contributed by atoms with Gasteiger partial charge in [-0.1, -0.05) is 6.07 Å². The number of anilines is 1. The van der Waals surface area contributed by atoms with Gasteiger partial charge in [-0.2, -0.15) is 0 Å².